The number of hydrogen-bond donors (Lipinski definition) is 1. The van der Waals surface area contributed by atoms with Crippen molar-refractivity contribution in [3.05, 3.63) is 48.5 Å². The van der Waals surface area contributed by atoms with Crippen molar-refractivity contribution in [1.29, 1.82) is 0 Å². The molecule has 1 aromatic carbocycles. The third-order valence-electron chi connectivity index (χ3n) is 2.99. The van der Waals surface area contributed by atoms with Crippen LogP contribution in [0, 0.1) is 0 Å². The van der Waals surface area contributed by atoms with Gasteiger partial charge in [-0.05, 0) is 47.9 Å². The second kappa shape index (κ2) is 4.58. The minimum absolute atomic E-state index is 0.619. The third kappa shape index (κ3) is 1.87. The Morgan fingerprint density at radius 1 is 1.22 bits per heavy atom. The molecule has 4 heteroatoms. The standard InChI is InChI=1S/C14H13N3O/c15-5-3-11-8-16-6-4-13(11)10-1-2-14-12(7-10)9-18-17-14/h1-2,4,6-9H,3,5,15H2. The van der Waals surface area contributed by atoms with Crippen molar-refractivity contribution < 1.29 is 4.52 Å². The average Bonchev–Trinajstić information content (AvgIpc) is 2.87. The Morgan fingerprint density at radius 3 is 3.06 bits per heavy atom. The maximum atomic E-state index is 5.63. The van der Waals surface area contributed by atoms with Crippen molar-refractivity contribution in [2.24, 2.45) is 5.73 Å². The van der Waals surface area contributed by atoms with Crippen LogP contribution in [-0.4, -0.2) is 16.7 Å². The fraction of sp³-hybridized carbons (Fsp3) is 0.143. The Kier molecular flexibility index (Phi) is 2.78. The molecule has 0 aliphatic carbocycles. The van der Waals surface area contributed by atoms with Gasteiger partial charge in [-0.3, -0.25) is 4.98 Å². The van der Waals surface area contributed by atoms with Gasteiger partial charge in [0.2, 0.25) is 0 Å². The van der Waals surface area contributed by atoms with Gasteiger partial charge in [-0.1, -0.05) is 11.2 Å². The summed E-state index contributed by atoms with van der Waals surface area (Å²) in [5.41, 5.74) is 9.96. The molecular weight excluding hydrogens is 226 g/mol. The van der Waals surface area contributed by atoms with E-state index in [1.807, 2.05) is 24.4 Å². The third-order valence-corrected chi connectivity index (χ3v) is 2.99. The van der Waals surface area contributed by atoms with Gasteiger partial charge in [0.05, 0.1) is 0 Å². The smallest absolute Gasteiger partial charge is 0.131 e. The predicted molar refractivity (Wildman–Crippen MR) is 70.0 cm³/mol. The zero-order chi connectivity index (χ0) is 12.4. The normalized spacial score (nSPS) is 10.9. The van der Waals surface area contributed by atoms with E-state index < -0.39 is 0 Å². The highest BCUT2D eigenvalue weighted by Gasteiger charge is 2.06. The molecule has 0 atom stereocenters. The molecule has 0 amide bonds. The van der Waals surface area contributed by atoms with E-state index in [4.69, 9.17) is 10.3 Å². The Balaban J connectivity index is 2.12. The fourth-order valence-electron chi connectivity index (χ4n) is 2.10. The van der Waals surface area contributed by atoms with Crippen molar-refractivity contribution in [3.63, 3.8) is 0 Å². The predicted octanol–water partition coefficient (Wildman–Crippen LogP) is 2.39. The number of hydrogen-bond acceptors (Lipinski definition) is 4. The van der Waals surface area contributed by atoms with Gasteiger partial charge < -0.3 is 10.3 Å². The van der Waals surface area contributed by atoms with Gasteiger partial charge in [0, 0.05) is 17.8 Å². The number of aromatic nitrogens is 2. The van der Waals surface area contributed by atoms with Crippen LogP contribution in [0.1, 0.15) is 5.56 Å². The SMILES string of the molecule is NCCc1cnccc1-c1ccc2nocc2c1. The molecule has 0 spiro atoms. The molecule has 0 saturated heterocycles. The number of nitrogens with zero attached hydrogens (tertiary/aromatic N) is 2. The molecule has 0 saturated carbocycles. The second-order valence-electron chi connectivity index (χ2n) is 4.16. The first kappa shape index (κ1) is 10.9. The van der Waals surface area contributed by atoms with Crippen LogP contribution in [0.5, 0.6) is 0 Å². The summed E-state index contributed by atoms with van der Waals surface area (Å²) in [6.07, 6.45) is 6.15. The van der Waals surface area contributed by atoms with Crippen LogP contribution in [0.3, 0.4) is 0 Å². The minimum Gasteiger partial charge on any atom is -0.364 e. The van der Waals surface area contributed by atoms with Crippen LogP contribution >= 0.6 is 0 Å². The topological polar surface area (TPSA) is 64.9 Å². The molecule has 0 fully saturated rings. The number of pyridine rings is 1. The second-order valence-corrected chi connectivity index (χ2v) is 4.16. The van der Waals surface area contributed by atoms with E-state index in [2.05, 4.69) is 16.2 Å². The molecule has 18 heavy (non-hydrogen) atoms. The molecule has 90 valence electrons. The lowest BCUT2D eigenvalue weighted by Crippen LogP contribution is -2.04. The Bertz CT molecular complexity index is 675. The largest absolute Gasteiger partial charge is 0.364 e. The van der Waals surface area contributed by atoms with E-state index in [1.54, 1.807) is 12.5 Å². The molecule has 2 heterocycles. The highest BCUT2D eigenvalue weighted by molar-refractivity contribution is 5.84. The van der Waals surface area contributed by atoms with Gasteiger partial charge >= 0.3 is 0 Å². The van der Waals surface area contributed by atoms with E-state index in [0.717, 1.165) is 28.5 Å². The molecular formula is C14H13N3O. The first-order valence-electron chi connectivity index (χ1n) is 5.86. The van der Waals surface area contributed by atoms with Gasteiger partial charge in [-0.2, -0.15) is 0 Å². The van der Waals surface area contributed by atoms with Crippen molar-refractivity contribution in [2.75, 3.05) is 6.54 Å². The Hall–Kier alpha value is -2.20. The lowest BCUT2D eigenvalue weighted by molar-refractivity contribution is 0.428. The quantitative estimate of drug-likeness (QED) is 0.762. The van der Waals surface area contributed by atoms with E-state index in [0.29, 0.717) is 6.54 Å². The Morgan fingerprint density at radius 2 is 2.17 bits per heavy atom. The molecule has 3 rings (SSSR count). The van der Waals surface area contributed by atoms with Gasteiger partial charge in [0.1, 0.15) is 11.8 Å². The lowest BCUT2D eigenvalue weighted by Gasteiger charge is -2.07. The Labute approximate surface area is 104 Å². The van der Waals surface area contributed by atoms with E-state index in [1.165, 1.54) is 5.56 Å². The summed E-state index contributed by atoms with van der Waals surface area (Å²) >= 11 is 0. The monoisotopic (exact) mass is 239 g/mol. The van der Waals surface area contributed by atoms with Crippen molar-refractivity contribution in [1.82, 2.24) is 10.1 Å². The summed E-state index contributed by atoms with van der Waals surface area (Å²) in [6.45, 7) is 0.619. The van der Waals surface area contributed by atoms with Crippen molar-refractivity contribution >= 4 is 10.9 Å². The number of nitrogens with two attached hydrogens (primary N) is 1. The fourth-order valence-corrected chi connectivity index (χ4v) is 2.10. The molecule has 0 bridgehead atoms. The van der Waals surface area contributed by atoms with Crippen LogP contribution in [0.4, 0.5) is 0 Å². The summed E-state index contributed by atoms with van der Waals surface area (Å²) in [4.78, 5) is 4.16. The van der Waals surface area contributed by atoms with Crippen LogP contribution in [0.2, 0.25) is 0 Å². The molecule has 2 N–H and O–H groups in total. The van der Waals surface area contributed by atoms with Crippen LogP contribution in [0.25, 0.3) is 22.0 Å². The van der Waals surface area contributed by atoms with Crippen molar-refractivity contribution in [2.45, 2.75) is 6.42 Å². The maximum Gasteiger partial charge on any atom is 0.131 e. The zero-order valence-electron chi connectivity index (χ0n) is 9.84. The highest BCUT2D eigenvalue weighted by atomic mass is 16.5. The summed E-state index contributed by atoms with van der Waals surface area (Å²) < 4.78 is 4.95. The lowest BCUT2D eigenvalue weighted by atomic mass is 9.99. The molecule has 3 aromatic rings. The molecule has 2 aromatic heterocycles. The van der Waals surface area contributed by atoms with Gasteiger partial charge in [0.15, 0.2) is 0 Å². The summed E-state index contributed by atoms with van der Waals surface area (Å²) in [5, 5.41) is 4.91. The number of rotatable bonds is 3. The zero-order valence-corrected chi connectivity index (χ0v) is 9.84. The van der Waals surface area contributed by atoms with Crippen LogP contribution in [0.15, 0.2) is 47.4 Å². The summed E-state index contributed by atoms with van der Waals surface area (Å²) in [7, 11) is 0. The maximum absolute atomic E-state index is 5.63. The van der Waals surface area contributed by atoms with E-state index in [-0.39, 0.29) is 0 Å². The molecule has 0 radical (unpaired) electrons. The van der Waals surface area contributed by atoms with Crippen LogP contribution < -0.4 is 5.73 Å². The van der Waals surface area contributed by atoms with Gasteiger partial charge in [0.25, 0.3) is 0 Å². The summed E-state index contributed by atoms with van der Waals surface area (Å²) in [5.74, 6) is 0. The van der Waals surface area contributed by atoms with E-state index in [9.17, 15) is 0 Å². The average molecular weight is 239 g/mol. The van der Waals surface area contributed by atoms with Gasteiger partial charge in [-0.15, -0.1) is 0 Å². The van der Waals surface area contributed by atoms with E-state index >= 15 is 0 Å². The van der Waals surface area contributed by atoms with Crippen LogP contribution in [-0.2, 0) is 6.42 Å². The number of benzene rings is 1. The molecule has 0 aliphatic rings. The molecule has 0 aliphatic heterocycles. The summed E-state index contributed by atoms with van der Waals surface area (Å²) in [6, 6.07) is 8.09. The van der Waals surface area contributed by atoms with Gasteiger partial charge in [-0.25, -0.2) is 0 Å². The first-order chi connectivity index (χ1) is 8.88. The van der Waals surface area contributed by atoms with Crippen molar-refractivity contribution in [3.8, 4) is 11.1 Å². The first-order valence-corrected chi connectivity index (χ1v) is 5.86. The molecule has 0 unspecified atom stereocenters. The highest BCUT2D eigenvalue weighted by Crippen LogP contribution is 2.26. The molecule has 4 nitrogen and oxygen atoms in total. The minimum atomic E-state index is 0.619. The number of fused-ring (bicyclic) bond motifs is 1.